The second-order valence-electron chi connectivity index (χ2n) is 7.24. The molecular weight excluding hydrogens is 404 g/mol. The third-order valence-corrected chi connectivity index (χ3v) is 6.60. The van der Waals surface area contributed by atoms with Crippen molar-refractivity contribution in [2.24, 2.45) is 0 Å². The van der Waals surface area contributed by atoms with Gasteiger partial charge >= 0.3 is 0 Å². The second kappa shape index (κ2) is 9.95. The molecular formula is C22H28N2O5S. The number of carbonyl (C=O) groups excluding carboxylic acids is 1. The van der Waals surface area contributed by atoms with Crippen molar-refractivity contribution in [2.75, 3.05) is 27.3 Å². The van der Waals surface area contributed by atoms with Gasteiger partial charge < -0.3 is 14.4 Å². The van der Waals surface area contributed by atoms with E-state index in [0.29, 0.717) is 24.6 Å². The second-order valence-corrected chi connectivity index (χ2v) is 9.01. The van der Waals surface area contributed by atoms with Crippen molar-refractivity contribution >= 4 is 15.9 Å². The molecule has 162 valence electrons. The summed E-state index contributed by atoms with van der Waals surface area (Å²) in [5.41, 5.74) is 1.04. The molecule has 2 aromatic carbocycles. The molecule has 30 heavy (non-hydrogen) atoms. The molecule has 3 rings (SSSR count). The average Bonchev–Trinajstić information content (AvgIpc) is 3.06. The Balaban J connectivity index is 1.82. The van der Waals surface area contributed by atoms with E-state index in [1.807, 2.05) is 6.07 Å². The van der Waals surface area contributed by atoms with E-state index < -0.39 is 10.0 Å². The van der Waals surface area contributed by atoms with Crippen LogP contribution in [0.5, 0.6) is 11.5 Å². The van der Waals surface area contributed by atoms with Crippen LogP contribution in [-0.2, 0) is 16.6 Å². The average molecular weight is 433 g/mol. The van der Waals surface area contributed by atoms with Gasteiger partial charge in [0, 0.05) is 19.6 Å². The number of likely N-dealkylation sites (tertiary alicyclic amines) is 1. The first-order valence-corrected chi connectivity index (χ1v) is 11.5. The molecule has 1 saturated heterocycles. The van der Waals surface area contributed by atoms with Crippen LogP contribution in [-0.4, -0.2) is 46.5 Å². The van der Waals surface area contributed by atoms with Crippen molar-refractivity contribution in [1.29, 1.82) is 0 Å². The molecule has 1 fully saturated rings. The van der Waals surface area contributed by atoms with Crippen molar-refractivity contribution < 1.29 is 22.7 Å². The van der Waals surface area contributed by atoms with Crippen LogP contribution in [0.3, 0.4) is 0 Å². The Labute approximate surface area is 178 Å². The maximum atomic E-state index is 13.1. The van der Waals surface area contributed by atoms with Gasteiger partial charge in [0.05, 0.1) is 24.7 Å². The number of amides is 1. The monoisotopic (exact) mass is 432 g/mol. The fourth-order valence-electron chi connectivity index (χ4n) is 3.51. The minimum absolute atomic E-state index is 0.0318. The largest absolute Gasteiger partial charge is 0.497 e. The number of sulfonamides is 1. The molecule has 0 aromatic heterocycles. The summed E-state index contributed by atoms with van der Waals surface area (Å²) in [6.07, 6.45) is 4.11. The SMILES string of the molecule is COc1cccc(CNS(=O)(=O)c2ccc(OC)c(C(=O)N3CCCCCC3)c2)c1. The molecule has 0 bridgehead atoms. The van der Waals surface area contributed by atoms with Gasteiger partial charge in [0.25, 0.3) is 5.91 Å². The van der Waals surface area contributed by atoms with Gasteiger partial charge in [-0.3, -0.25) is 4.79 Å². The standard InChI is InChI=1S/C22H28N2O5S/c1-28-18-9-7-8-17(14-18)16-23-30(26,27)19-10-11-21(29-2)20(15-19)22(25)24-12-5-3-4-6-13-24/h7-11,14-15,23H,3-6,12-13,16H2,1-2H3. The molecule has 0 spiro atoms. The van der Waals surface area contributed by atoms with Gasteiger partial charge in [-0.05, 0) is 48.7 Å². The normalized spacial score (nSPS) is 14.8. The maximum Gasteiger partial charge on any atom is 0.257 e. The van der Waals surface area contributed by atoms with Gasteiger partial charge in [-0.15, -0.1) is 0 Å². The predicted molar refractivity (Wildman–Crippen MR) is 114 cm³/mol. The summed E-state index contributed by atoms with van der Waals surface area (Å²) in [7, 11) is -0.779. The summed E-state index contributed by atoms with van der Waals surface area (Å²) in [6, 6.07) is 11.6. The fraction of sp³-hybridized carbons (Fsp3) is 0.409. The van der Waals surface area contributed by atoms with Gasteiger partial charge in [-0.2, -0.15) is 0 Å². The maximum absolute atomic E-state index is 13.1. The summed E-state index contributed by atoms with van der Waals surface area (Å²) in [4.78, 5) is 14.9. The van der Waals surface area contributed by atoms with Gasteiger partial charge in [-0.25, -0.2) is 13.1 Å². The zero-order chi connectivity index (χ0) is 21.6. The molecule has 8 heteroatoms. The first-order valence-electron chi connectivity index (χ1n) is 10.0. The third kappa shape index (κ3) is 5.31. The van der Waals surface area contributed by atoms with Gasteiger partial charge in [0.2, 0.25) is 10.0 Å². The molecule has 1 heterocycles. The molecule has 0 atom stereocenters. The van der Waals surface area contributed by atoms with Crippen LogP contribution in [0.15, 0.2) is 47.4 Å². The first-order chi connectivity index (χ1) is 14.4. The van der Waals surface area contributed by atoms with E-state index in [-0.39, 0.29) is 22.9 Å². The Morgan fingerprint density at radius 1 is 1.00 bits per heavy atom. The van der Waals surface area contributed by atoms with E-state index in [1.165, 1.54) is 25.3 Å². The van der Waals surface area contributed by atoms with Crippen LogP contribution in [0.2, 0.25) is 0 Å². The fourth-order valence-corrected chi connectivity index (χ4v) is 4.55. The van der Waals surface area contributed by atoms with Gasteiger partial charge in [0.1, 0.15) is 11.5 Å². The molecule has 1 aliphatic heterocycles. The van der Waals surface area contributed by atoms with E-state index in [4.69, 9.17) is 9.47 Å². The van der Waals surface area contributed by atoms with Crippen LogP contribution in [0, 0.1) is 0 Å². The van der Waals surface area contributed by atoms with Crippen molar-refractivity contribution in [1.82, 2.24) is 9.62 Å². The van der Waals surface area contributed by atoms with E-state index in [9.17, 15) is 13.2 Å². The smallest absolute Gasteiger partial charge is 0.257 e. The Morgan fingerprint density at radius 3 is 2.40 bits per heavy atom. The number of carbonyl (C=O) groups is 1. The number of methoxy groups -OCH3 is 2. The zero-order valence-corrected chi connectivity index (χ0v) is 18.2. The summed E-state index contributed by atoms with van der Waals surface area (Å²) in [6.45, 7) is 1.46. The molecule has 1 aliphatic rings. The summed E-state index contributed by atoms with van der Waals surface area (Å²) < 4.78 is 38.8. The number of nitrogens with one attached hydrogen (secondary N) is 1. The van der Waals surface area contributed by atoms with Crippen molar-refractivity contribution in [2.45, 2.75) is 37.1 Å². The molecule has 0 unspecified atom stereocenters. The van der Waals surface area contributed by atoms with Gasteiger partial charge in [-0.1, -0.05) is 25.0 Å². The van der Waals surface area contributed by atoms with E-state index in [1.54, 1.807) is 30.2 Å². The Kier molecular flexibility index (Phi) is 7.33. The first kappa shape index (κ1) is 22.1. The lowest BCUT2D eigenvalue weighted by atomic mass is 10.1. The Hall–Kier alpha value is -2.58. The van der Waals surface area contributed by atoms with Crippen molar-refractivity contribution in [3.8, 4) is 11.5 Å². The van der Waals surface area contributed by atoms with Crippen molar-refractivity contribution in [3.63, 3.8) is 0 Å². The van der Waals surface area contributed by atoms with Crippen LogP contribution >= 0.6 is 0 Å². The molecule has 1 amide bonds. The van der Waals surface area contributed by atoms with Crippen LogP contribution in [0.1, 0.15) is 41.6 Å². The van der Waals surface area contributed by atoms with E-state index in [2.05, 4.69) is 4.72 Å². The van der Waals surface area contributed by atoms with Crippen LogP contribution in [0.4, 0.5) is 0 Å². The van der Waals surface area contributed by atoms with Crippen molar-refractivity contribution in [3.05, 3.63) is 53.6 Å². The summed E-state index contributed by atoms with van der Waals surface area (Å²) >= 11 is 0. The van der Waals surface area contributed by atoms with Gasteiger partial charge in [0.15, 0.2) is 0 Å². The number of hydrogen-bond acceptors (Lipinski definition) is 5. The predicted octanol–water partition coefficient (Wildman–Crippen LogP) is 3.20. The number of ether oxygens (including phenoxy) is 2. The highest BCUT2D eigenvalue weighted by molar-refractivity contribution is 7.89. The summed E-state index contributed by atoms with van der Waals surface area (Å²) in [5, 5.41) is 0. The molecule has 7 nitrogen and oxygen atoms in total. The van der Waals surface area contributed by atoms with E-state index >= 15 is 0 Å². The van der Waals surface area contributed by atoms with Crippen LogP contribution in [0.25, 0.3) is 0 Å². The zero-order valence-electron chi connectivity index (χ0n) is 17.4. The number of benzene rings is 2. The highest BCUT2D eigenvalue weighted by Gasteiger charge is 2.24. The number of nitrogens with zero attached hydrogens (tertiary/aromatic N) is 1. The molecule has 2 aromatic rings. The van der Waals surface area contributed by atoms with Crippen LogP contribution < -0.4 is 14.2 Å². The quantitative estimate of drug-likeness (QED) is 0.726. The minimum Gasteiger partial charge on any atom is -0.497 e. The minimum atomic E-state index is -3.81. The molecule has 0 aliphatic carbocycles. The lowest BCUT2D eigenvalue weighted by molar-refractivity contribution is 0.0758. The topological polar surface area (TPSA) is 84.9 Å². The summed E-state index contributed by atoms with van der Waals surface area (Å²) in [5.74, 6) is 0.830. The molecule has 0 radical (unpaired) electrons. The highest BCUT2D eigenvalue weighted by atomic mass is 32.2. The lowest BCUT2D eigenvalue weighted by Crippen LogP contribution is -2.32. The lowest BCUT2D eigenvalue weighted by Gasteiger charge is -2.22. The number of rotatable bonds is 7. The third-order valence-electron chi connectivity index (χ3n) is 5.21. The molecule has 1 N–H and O–H groups in total. The Bertz CT molecular complexity index is 983. The number of hydrogen-bond donors (Lipinski definition) is 1. The Morgan fingerprint density at radius 2 is 1.73 bits per heavy atom. The molecule has 0 saturated carbocycles. The van der Waals surface area contributed by atoms with E-state index in [0.717, 1.165) is 31.2 Å². The highest BCUT2D eigenvalue weighted by Crippen LogP contribution is 2.25.